The Morgan fingerprint density at radius 2 is 2.10 bits per heavy atom. The standard InChI is InChI=1S/C21H26N6O2/c1-15-4-5-17-18(13-15)25-19(24-17)14-26-10-6-16(7-11-26)21(29)22-9-12-27-20(28)3-2-8-23-27/h2-5,8,13,16H,6-7,9-12,14H2,1H3,(H,22,29)(H,24,25). The van der Waals surface area contributed by atoms with Gasteiger partial charge in [-0.1, -0.05) is 6.07 Å². The lowest BCUT2D eigenvalue weighted by Gasteiger charge is -2.30. The Labute approximate surface area is 168 Å². The molecule has 4 rings (SSSR count). The summed E-state index contributed by atoms with van der Waals surface area (Å²) in [5.41, 5.74) is 3.12. The quantitative estimate of drug-likeness (QED) is 0.660. The number of imidazole rings is 1. The first-order valence-electron chi connectivity index (χ1n) is 10.1. The molecule has 0 atom stereocenters. The average molecular weight is 394 g/mol. The molecule has 3 heterocycles. The minimum atomic E-state index is -0.157. The van der Waals surface area contributed by atoms with Crippen LogP contribution in [0.25, 0.3) is 11.0 Å². The Balaban J connectivity index is 1.23. The van der Waals surface area contributed by atoms with Gasteiger partial charge in [-0.15, -0.1) is 0 Å². The van der Waals surface area contributed by atoms with E-state index in [0.717, 1.165) is 49.3 Å². The zero-order chi connectivity index (χ0) is 20.2. The number of likely N-dealkylation sites (tertiary alicyclic amines) is 1. The summed E-state index contributed by atoms with van der Waals surface area (Å²) in [4.78, 5) is 34.5. The number of carbonyl (C=O) groups is 1. The van der Waals surface area contributed by atoms with Crippen molar-refractivity contribution in [3.8, 4) is 0 Å². The van der Waals surface area contributed by atoms with Gasteiger partial charge in [-0.3, -0.25) is 14.5 Å². The maximum Gasteiger partial charge on any atom is 0.266 e. The number of amides is 1. The van der Waals surface area contributed by atoms with E-state index in [2.05, 4.69) is 44.3 Å². The molecule has 0 bridgehead atoms. The Morgan fingerprint density at radius 1 is 1.28 bits per heavy atom. The van der Waals surface area contributed by atoms with Crippen molar-refractivity contribution in [1.82, 2.24) is 30.0 Å². The molecule has 0 saturated carbocycles. The molecule has 0 unspecified atom stereocenters. The number of hydrogen-bond acceptors (Lipinski definition) is 5. The molecule has 1 amide bonds. The van der Waals surface area contributed by atoms with E-state index in [1.165, 1.54) is 16.3 Å². The number of hydrogen-bond donors (Lipinski definition) is 2. The third-order valence-electron chi connectivity index (χ3n) is 5.43. The minimum Gasteiger partial charge on any atom is -0.354 e. The predicted octanol–water partition coefficient (Wildman–Crippen LogP) is 1.46. The molecule has 0 aliphatic carbocycles. The number of carbonyl (C=O) groups excluding carboxylic acids is 1. The Kier molecular flexibility index (Phi) is 5.71. The summed E-state index contributed by atoms with van der Waals surface area (Å²) >= 11 is 0. The highest BCUT2D eigenvalue weighted by Crippen LogP contribution is 2.20. The fourth-order valence-corrected chi connectivity index (χ4v) is 3.80. The molecule has 1 fully saturated rings. The van der Waals surface area contributed by atoms with Gasteiger partial charge in [-0.05, 0) is 56.6 Å². The van der Waals surface area contributed by atoms with E-state index < -0.39 is 0 Å². The van der Waals surface area contributed by atoms with Crippen LogP contribution >= 0.6 is 0 Å². The highest BCUT2D eigenvalue weighted by atomic mass is 16.2. The lowest BCUT2D eigenvalue weighted by Crippen LogP contribution is -2.41. The van der Waals surface area contributed by atoms with Crippen LogP contribution in [-0.2, 0) is 17.9 Å². The van der Waals surface area contributed by atoms with E-state index in [-0.39, 0.29) is 17.4 Å². The molecule has 1 aliphatic rings. The summed E-state index contributed by atoms with van der Waals surface area (Å²) in [6, 6.07) is 9.30. The molecule has 1 aliphatic heterocycles. The summed E-state index contributed by atoms with van der Waals surface area (Å²) in [5, 5.41) is 6.94. The number of rotatable bonds is 6. The van der Waals surface area contributed by atoms with Crippen LogP contribution in [0.3, 0.4) is 0 Å². The number of piperidine rings is 1. The normalized spacial score (nSPS) is 15.6. The molecule has 152 valence electrons. The Hall–Kier alpha value is -3.00. The molecule has 1 aromatic carbocycles. The van der Waals surface area contributed by atoms with Gasteiger partial charge < -0.3 is 10.3 Å². The van der Waals surface area contributed by atoms with Crippen molar-refractivity contribution in [3.63, 3.8) is 0 Å². The van der Waals surface area contributed by atoms with Gasteiger partial charge in [0.15, 0.2) is 0 Å². The summed E-state index contributed by atoms with van der Waals surface area (Å²) in [5.74, 6) is 1.05. The molecule has 0 radical (unpaired) electrons. The van der Waals surface area contributed by atoms with E-state index in [4.69, 9.17) is 0 Å². The number of nitrogens with one attached hydrogen (secondary N) is 2. The fraction of sp³-hybridized carbons (Fsp3) is 0.429. The second-order valence-corrected chi connectivity index (χ2v) is 7.63. The summed E-state index contributed by atoms with van der Waals surface area (Å²) in [7, 11) is 0. The molecule has 3 aromatic rings. The maximum absolute atomic E-state index is 12.4. The summed E-state index contributed by atoms with van der Waals surface area (Å²) in [6.07, 6.45) is 3.23. The number of aryl methyl sites for hydroxylation is 1. The van der Waals surface area contributed by atoms with Gasteiger partial charge in [0.1, 0.15) is 5.82 Å². The maximum atomic E-state index is 12.4. The van der Waals surface area contributed by atoms with Crippen LogP contribution in [0.5, 0.6) is 0 Å². The molecule has 1 saturated heterocycles. The van der Waals surface area contributed by atoms with Crippen LogP contribution in [0.1, 0.15) is 24.2 Å². The van der Waals surface area contributed by atoms with E-state index >= 15 is 0 Å². The Bertz CT molecular complexity index is 1050. The topological polar surface area (TPSA) is 95.9 Å². The SMILES string of the molecule is Cc1ccc2nc(CN3CCC(C(=O)NCCn4ncccc4=O)CC3)[nH]c2c1. The summed E-state index contributed by atoms with van der Waals surface area (Å²) in [6.45, 7) is 5.38. The average Bonchev–Trinajstić information content (AvgIpc) is 3.11. The molecule has 29 heavy (non-hydrogen) atoms. The Morgan fingerprint density at radius 3 is 2.90 bits per heavy atom. The second-order valence-electron chi connectivity index (χ2n) is 7.63. The van der Waals surface area contributed by atoms with Gasteiger partial charge in [0, 0.05) is 24.7 Å². The first-order chi connectivity index (χ1) is 14.1. The van der Waals surface area contributed by atoms with Crippen molar-refractivity contribution in [2.75, 3.05) is 19.6 Å². The molecule has 2 N–H and O–H groups in total. The van der Waals surface area contributed by atoms with Gasteiger partial charge >= 0.3 is 0 Å². The minimum absolute atomic E-state index is 0.0185. The van der Waals surface area contributed by atoms with Crippen LogP contribution in [0.4, 0.5) is 0 Å². The predicted molar refractivity (Wildman–Crippen MR) is 110 cm³/mol. The zero-order valence-corrected chi connectivity index (χ0v) is 16.6. The van der Waals surface area contributed by atoms with E-state index in [1.54, 1.807) is 12.3 Å². The zero-order valence-electron chi connectivity index (χ0n) is 16.6. The number of H-pyrrole nitrogens is 1. The smallest absolute Gasteiger partial charge is 0.266 e. The van der Waals surface area contributed by atoms with Crippen molar-refractivity contribution >= 4 is 16.9 Å². The van der Waals surface area contributed by atoms with Gasteiger partial charge in [0.25, 0.3) is 5.56 Å². The largest absolute Gasteiger partial charge is 0.354 e. The highest BCUT2D eigenvalue weighted by Gasteiger charge is 2.25. The number of aromatic amines is 1. The molecular weight excluding hydrogens is 368 g/mol. The van der Waals surface area contributed by atoms with Gasteiger partial charge in [0.2, 0.25) is 5.91 Å². The molecule has 8 heteroatoms. The van der Waals surface area contributed by atoms with Crippen molar-refractivity contribution in [2.24, 2.45) is 5.92 Å². The van der Waals surface area contributed by atoms with E-state index in [9.17, 15) is 9.59 Å². The van der Waals surface area contributed by atoms with Crippen molar-refractivity contribution in [2.45, 2.75) is 32.9 Å². The van der Waals surface area contributed by atoms with Gasteiger partial charge in [0.05, 0.1) is 24.1 Å². The third-order valence-corrected chi connectivity index (χ3v) is 5.43. The first-order valence-corrected chi connectivity index (χ1v) is 10.1. The van der Waals surface area contributed by atoms with Crippen LogP contribution in [0, 0.1) is 12.8 Å². The number of aromatic nitrogens is 4. The lowest BCUT2D eigenvalue weighted by atomic mass is 9.96. The van der Waals surface area contributed by atoms with Crippen LogP contribution in [-0.4, -0.2) is 50.2 Å². The van der Waals surface area contributed by atoms with E-state index in [1.807, 2.05) is 6.07 Å². The number of fused-ring (bicyclic) bond motifs is 1. The molecular formula is C21H26N6O2. The molecule has 8 nitrogen and oxygen atoms in total. The number of benzene rings is 1. The summed E-state index contributed by atoms with van der Waals surface area (Å²) < 4.78 is 1.36. The third kappa shape index (κ3) is 4.71. The lowest BCUT2D eigenvalue weighted by molar-refractivity contribution is -0.126. The second kappa shape index (κ2) is 8.57. The van der Waals surface area contributed by atoms with Crippen molar-refractivity contribution < 1.29 is 4.79 Å². The van der Waals surface area contributed by atoms with Crippen LogP contribution < -0.4 is 10.9 Å². The fourth-order valence-electron chi connectivity index (χ4n) is 3.80. The molecule has 2 aromatic heterocycles. The van der Waals surface area contributed by atoms with Crippen LogP contribution in [0.15, 0.2) is 41.3 Å². The van der Waals surface area contributed by atoms with Gasteiger partial charge in [-0.25, -0.2) is 9.67 Å². The van der Waals surface area contributed by atoms with Crippen LogP contribution in [0.2, 0.25) is 0 Å². The number of nitrogens with zero attached hydrogens (tertiary/aromatic N) is 4. The molecule has 0 spiro atoms. The first kappa shape index (κ1) is 19.3. The van der Waals surface area contributed by atoms with Crippen molar-refractivity contribution in [3.05, 3.63) is 58.3 Å². The monoisotopic (exact) mass is 394 g/mol. The van der Waals surface area contributed by atoms with Crippen molar-refractivity contribution in [1.29, 1.82) is 0 Å². The van der Waals surface area contributed by atoms with Gasteiger partial charge in [-0.2, -0.15) is 5.10 Å². The van der Waals surface area contributed by atoms with E-state index in [0.29, 0.717) is 13.1 Å². The highest BCUT2D eigenvalue weighted by molar-refractivity contribution is 5.78.